The highest BCUT2D eigenvalue weighted by atomic mass is 79.9. The molecule has 0 radical (unpaired) electrons. The normalized spacial score (nSPS) is 11.1. The SMILES string of the molecule is CC(=O)c1c(C=O)ccc(Br)c1OC(F)(F)F. The van der Waals surface area contributed by atoms with Crippen LogP contribution in [0.15, 0.2) is 16.6 Å². The lowest BCUT2D eigenvalue weighted by molar-refractivity contribution is -0.275. The van der Waals surface area contributed by atoms with Crippen molar-refractivity contribution in [1.29, 1.82) is 0 Å². The fourth-order valence-corrected chi connectivity index (χ4v) is 1.66. The number of hydrogen-bond acceptors (Lipinski definition) is 3. The second-order valence-corrected chi connectivity index (χ2v) is 3.92. The van der Waals surface area contributed by atoms with Gasteiger partial charge in [-0.2, -0.15) is 0 Å². The van der Waals surface area contributed by atoms with Crippen molar-refractivity contribution in [2.45, 2.75) is 13.3 Å². The third-order valence-corrected chi connectivity index (χ3v) is 2.46. The van der Waals surface area contributed by atoms with E-state index in [-0.39, 0.29) is 10.0 Å². The molecule has 0 spiro atoms. The molecule has 0 aliphatic rings. The molecule has 92 valence electrons. The van der Waals surface area contributed by atoms with Gasteiger partial charge in [0.1, 0.15) is 0 Å². The summed E-state index contributed by atoms with van der Waals surface area (Å²) in [5, 5.41) is 0. The Morgan fingerprint density at radius 3 is 2.41 bits per heavy atom. The van der Waals surface area contributed by atoms with Gasteiger partial charge in [0.15, 0.2) is 17.8 Å². The van der Waals surface area contributed by atoms with E-state index >= 15 is 0 Å². The third kappa shape index (κ3) is 3.29. The standard InChI is InChI=1S/C10H6BrF3O3/c1-5(16)8-6(4-15)2-3-7(11)9(8)17-10(12,13)14/h2-4H,1H3. The van der Waals surface area contributed by atoms with Crippen LogP contribution in [0.25, 0.3) is 0 Å². The number of ketones is 1. The minimum absolute atomic E-state index is 0.0503. The first kappa shape index (κ1) is 13.7. The zero-order valence-corrected chi connectivity index (χ0v) is 10.1. The van der Waals surface area contributed by atoms with Crippen molar-refractivity contribution in [3.63, 3.8) is 0 Å². The third-order valence-electron chi connectivity index (χ3n) is 1.84. The molecule has 0 saturated heterocycles. The summed E-state index contributed by atoms with van der Waals surface area (Å²) in [5.41, 5.74) is -0.549. The Morgan fingerprint density at radius 2 is 2.00 bits per heavy atom. The minimum atomic E-state index is -4.94. The van der Waals surface area contributed by atoms with Crippen LogP contribution >= 0.6 is 15.9 Å². The molecule has 0 unspecified atom stereocenters. The van der Waals surface area contributed by atoms with Crippen molar-refractivity contribution in [1.82, 2.24) is 0 Å². The quantitative estimate of drug-likeness (QED) is 0.635. The van der Waals surface area contributed by atoms with Gasteiger partial charge in [-0.05, 0) is 35.0 Å². The molecule has 7 heteroatoms. The minimum Gasteiger partial charge on any atom is -0.404 e. The first-order valence-corrected chi connectivity index (χ1v) is 5.10. The van der Waals surface area contributed by atoms with E-state index in [4.69, 9.17) is 0 Å². The molecule has 1 aromatic carbocycles. The number of ether oxygens (including phenoxy) is 1. The van der Waals surface area contributed by atoms with Crippen molar-refractivity contribution >= 4 is 28.0 Å². The summed E-state index contributed by atoms with van der Waals surface area (Å²) in [6.45, 7) is 1.05. The summed E-state index contributed by atoms with van der Waals surface area (Å²) >= 11 is 2.84. The molecule has 0 bridgehead atoms. The lowest BCUT2D eigenvalue weighted by Gasteiger charge is -2.14. The van der Waals surface area contributed by atoms with Crippen LogP contribution in [0.4, 0.5) is 13.2 Å². The molecular weight excluding hydrogens is 305 g/mol. The second kappa shape index (κ2) is 4.87. The highest BCUT2D eigenvalue weighted by Gasteiger charge is 2.34. The van der Waals surface area contributed by atoms with E-state index in [0.29, 0.717) is 6.29 Å². The Bertz CT molecular complexity index is 469. The van der Waals surface area contributed by atoms with Gasteiger partial charge in [-0.3, -0.25) is 9.59 Å². The molecule has 0 fully saturated rings. The number of aldehydes is 1. The molecule has 3 nitrogen and oxygen atoms in total. The molecule has 0 heterocycles. The van der Waals surface area contributed by atoms with E-state index in [1.54, 1.807) is 0 Å². The highest BCUT2D eigenvalue weighted by Crippen LogP contribution is 2.35. The topological polar surface area (TPSA) is 43.4 Å². The summed E-state index contributed by atoms with van der Waals surface area (Å²) in [5.74, 6) is -1.39. The van der Waals surface area contributed by atoms with E-state index in [1.807, 2.05) is 0 Å². The Kier molecular flexibility index (Phi) is 3.92. The summed E-state index contributed by atoms with van der Waals surface area (Å²) in [6.07, 6.45) is -4.64. The number of carbonyl (C=O) groups excluding carboxylic acids is 2. The number of hydrogen-bond donors (Lipinski definition) is 0. The Morgan fingerprint density at radius 1 is 1.41 bits per heavy atom. The summed E-state index contributed by atoms with van der Waals surface area (Å²) in [6, 6.07) is 2.44. The van der Waals surface area contributed by atoms with Gasteiger partial charge in [0.05, 0.1) is 10.0 Å². The van der Waals surface area contributed by atoms with Gasteiger partial charge in [0, 0.05) is 5.56 Å². The van der Waals surface area contributed by atoms with E-state index in [1.165, 1.54) is 12.1 Å². The van der Waals surface area contributed by atoms with Crippen LogP contribution in [0, 0.1) is 0 Å². The molecule has 0 aromatic heterocycles. The maximum Gasteiger partial charge on any atom is 0.573 e. The molecule has 0 aliphatic heterocycles. The van der Waals surface area contributed by atoms with Gasteiger partial charge in [0.2, 0.25) is 0 Å². The van der Waals surface area contributed by atoms with Gasteiger partial charge in [-0.1, -0.05) is 0 Å². The summed E-state index contributed by atoms with van der Waals surface area (Å²) in [7, 11) is 0. The van der Waals surface area contributed by atoms with Crippen LogP contribution in [0.3, 0.4) is 0 Å². The van der Waals surface area contributed by atoms with Crippen molar-refractivity contribution in [2.24, 2.45) is 0 Å². The Hall–Kier alpha value is -1.37. The fraction of sp³-hybridized carbons (Fsp3) is 0.200. The van der Waals surface area contributed by atoms with Gasteiger partial charge in [0.25, 0.3) is 0 Å². The van der Waals surface area contributed by atoms with E-state index in [0.717, 1.165) is 6.92 Å². The van der Waals surface area contributed by atoms with Crippen molar-refractivity contribution in [3.8, 4) is 5.75 Å². The van der Waals surface area contributed by atoms with Crippen LogP contribution in [-0.4, -0.2) is 18.4 Å². The number of carbonyl (C=O) groups is 2. The second-order valence-electron chi connectivity index (χ2n) is 3.06. The van der Waals surface area contributed by atoms with E-state index in [9.17, 15) is 22.8 Å². The monoisotopic (exact) mass is 310 g/mol. The molecule has 1 aromatic rings. The van der Waals surface area contributed by atoms with Crippen LogP contribution in [0.1, 0.15) is 27.6 Å². The van der Waals surface area contributed by atoms with Gasteiger partial charge in [-0.15, -0.1) is 13.2 Å². The average molecular weight is 311 g/mol. The number of halogens is 4. The van der Waals surface area contributed by atoms with E-state index < -0.39 is 23.5 Å². The van der Waals surface area contributed by atoms with Crippen LogP contribution in [-0.2, 0) is 0 Å². The number of rotatable bonds is 3. The Labute approximate surface area is 103 Å². The maximum atomic E-state index is 12.2. The number of Topliss-reactive ketones (excluding diaryl/α,β-unsaturated/α-hetero) is 1. The molecule has 1 rings (SSSR count). The molecule has 17 heavy (non-hydrogen) atoms. The van der Waals surface area contributed by atoms with Crippen LogP contribution < -0.4 is 4.74 Å². The molecule has 0 N–H and O–H groups in total. The molecular formula is C10H6BrF3O3. The maximum absolute atomic E-state index is 12.2. The first-order valence-electron chi connectivity index (χ1n) is 4.30. The lowest BCUT2D eigenvalue weighted by atomic mass is 10.0. The molecule has 0 saturated carbocycles. The van der Waals surface area contributed by atoms with Crippen molar-refractivity contribution in [3.05, 3.63) is 27.7 Å². The van der Waals surface area contributed by atoms with Crippen molar-refractivity contribution in [2.75, 3.05) is 0 Å². The summed E-state index contributed by atoms with van der Waals surface area (Å²) < 4.78 is 40.2. The first-order chi connectivity index (χ1) is 7.76. The largest absolute Gasteiger partial charge is 0.573 e. The fourth-order valence-electron chi connectivity index (χ4n) is 1.25. The Balaban J connectivity index is 3.44. The predicted octanol–water partition coefficient (Wildman–Crippen LogP) is 3.36. The predicted molar refractivity (Wildman–Crippen MR) is 56.2 cm³/mol. The zero-order chi connectivity index (χ0) is 13.2. The molecule has 0 amide bonds. The number of benzene rings is 1. The van der Waals surface area contributed by atoms with Crippen molar-refractivity contribution < 1.29 is 27.5 Å². The average Bonchev–Trinajstić information content (AvgIpc) is 2.18. The smallest absolute Gasteiger partial charge is 0.404 e. The molecule has 0 aliphatic carbocycles. The summed E-state index contributed by atoms with van der Waals surface area (Å²) in [4.78, 5) is 21.9. The van der Waals surface area contributed by atoms with E-state index in [2.05, 4.69) is 20.7 Å². The van der Waals surface area contributed by atoms with Crippen LogP contribution in [0.2, 0.25) is 0 Å². The number of alkyl halides is 3. The molecule has 0 atom stereocenters. The zero-order valence-electron chi connectivity index (χ0n) is 8.47. The van der Waals surface area contributed by atoms with Gasteiger partial charge >= 0.3 is 6.36 Å². The van der Waals surface area contributed by atoms with Gasteiger partial charge < -0.3 is 4.74 Å². The lowest BCUT2D eigenvalue weighted by Crippen LogP contribution is -2.19. The van der Waals surface area contributed by atoms with Gasteiger partial charge in [-0.25, -0.2) is 0 Å². The van der Waals surface area contributed by atoms with Crippen LogP contribution in [0.5, 0.6) is 5.75 Å². The highest BCUT2D eigenvalue weighted by molar-refractivity contribution is 9.10.